The minimum Gasteiger partial charge on any atom is -0.493 e. The van der Waals surface area contributed by atoms with Crippen molar-refractivity contribution in [3.8, 4) is 17.2 Å². The maximum atomic E-state index is 13.7. The number of aromatic nitrogens is 2. The molecular weight excluding hydrogens is 411 g/mol. The number of methoxy groups -OCH3 is 2. The Kier molecular flexibility index (Phi) is 5.69. The monoisotopic (exact) mass is 425 g/mol. The second-order valence-corrected chi connectivity index (χ2v) is 6.25. The van der Waals surface area contributed by atoms with Crippen LogP contribution in [0, 0.1) is 0 Å². The number of alkyl halides is 3. The summed E-state index contributed by atoms with van der Waals surface area (Å²) in [4.78, 5) is 12.6. The Bertz CT molecular complexity index is 1030. The lowest BCUT2D eigenvalue weighted by Gasteiger charge is -2.13. The number of carbonyl (C=O) groups is 1. The number of ether oxygens (including phenoxy) is 2. The smallest absolute Gasteiger partial charge is 0.434 e. The highest BCUT2D eigenvalue weighted by atomic mass is 35.5. The highest BCUT2D eigenvalue weighted by Gasteiger charge is 2.40. The molecule has 0 spiro atoms. The van der Waals surface area contributed by atoms with E-state index in [0.717, 1.165) is 6.20 Å². The van der Waals surface area contributed by atoms with Crippen LogP contribution in [-0.2, 0) is 6.18 Å². The van der Waals surface area contributed by atoms with E-state index in [1.54, 1.807) is 0 Å². The van der Waals surface area contributed by atoms with Crippen LogP contribution in [0.4, 0.5) is 18.9 Å². The van der Waals surface area contributed by atoms with Crippen LogP contribution in [-0.4, -0.2) is 29.9 Å². The Hall–Kier alpha value is -3.20. The average Bonchev–Trinajstić information content (AvgIpc) is 3.14. The molecular formula is C19H15ClF3N3O3. The highest BCUT2D eigenvalue weighted by molar-refractivity contribution is 6.30. The van der Waals surface area contributed by atoms with Gasteiger partial charge in [-0.05, 0) is 36.4 Å². The van der Waals surface area contributed by atoms with Gasteiger partial charge < -0.3 is 14.8 Å². The van der Waals surface area contributed by atoms with Gasteiger partial charge >= 0.3 is 6.18 Å². The summed E-state index contributed by atoms with van der Waals surface area (Å²) in [5, 5.41) is 6.54. The van der Waals surface area contributed by atoms with E-state index in [4.69, 9.17) is 21.1 Å². The zero-order chi connectivity index (χ0) is 21.2. The number of hydrogen-bond donors (Lipinski definition) is 1. The summed E-state index contributed by atoms with van der Waals surface area (Å²) in [5.41, 5.74) is -1.47. The van der Waals surface area contributed by atoms with E-state index in [1.165, 1.54) is 56.7 Å². The number of carbonyl (C=O) groups excluding carboxylic acids is 1. The molecule has 0 bridgehead atoms. The SMILES string of the molecule is COc1ccc(NC(=O)c2cnn(-c3ccc(Cl)cc3)c2C(F)(F)F)cc1OC. The summed E-state index contributed by atoms with van der Waals surface area (Å²) in [6, 6.07) is 10.1. The molecule has 1 N–H and O–H groups in total. The Labute approximate surface area is 168 Å². The second-order valence-electron chi connectivity index (χ2n) is 5.82. The molecule has 2 aromatic carbocycles. The maximum Gasteiger partial charge on any atom is 0.434 e. The van der Waals surface area contributed by atoms with Gasteiger partial charge in [-0.25, -0.2) is 4.68 Å². The molecule has 10 heteroatoms. The van der Waals surface area contributed by atoms with Crippen molar-refractivity contribution < 1.29 is 27.4 Å². The third kappa shape index (κ3) is 4.29. The lowest BCUT2D eigenvalue weighted by Crippen LogP contribution is -2.20. The van der Waals surface area contributed by atoms with Crippen molar-refractivity contribution in [1.29, 1.82) is 0 Å². The van der Waals surface area contributed by atoms with Crippen LogP contribution in [0.3, 0.4) is 0 Å². The van der Waals surface area contributed by atoms with Crippen LogP contribution in [0.2, 0.25) is 5.02 Å². The van der Waals surface area contributed by atoms with E-state index in [2.05, 4.69) is 10.4 Å². The van der Waals surface area contributed by atoms with E-state index in [9.17, 15) is 18.0 Å². The highest BCUT2D eigenvalue weighted by Crippen LogP contribution is 2.35. The van der Waals surface area contributed by atoms with Crippen molar-refractivity contribution >= 4 is 23.2 Å². The lowest BCUT2D eigenvalue weighted by atomic mass is 10.2. The van der Waals surface area contributed by atoms with Crippen molar-refractivity contribution in [1.82, 2.24) is 9.78 Å². The largest absolute Gasteiger partial charge is 0.493 e. The minimum absolute atomic E-state index is 0.117. The normalized spacial score (nSPS) is 11.2. The lowest BCUT2D eigenvalue weighted by molar-refractivity contribution is -0.143. The van der Waals surface area contributed by atoms with Gasteiger partial charge in [0.15, 0.2) is 17.2 Å². The molecule has 0 aliphatic rings. The van der Waals surface area contributed by atoms with E-state index in [-0.39, 0.29) is 11.4 Å². The molecule has 1 heterocycles. The van der Waals surface area contributed by atoms with Crippen molar-refractivity contribution in [2.45, 2.75) is 6.18 Å². The van der Waals surface area contributed by atoms with Crippen molar-refractivity contribution in [3.63, 3.8) is 0 Å². The molecule has 1 amide bonds. The molecule has 29 heavy (non-hydrogen) atoms. The van der Waals surface area contributed by atoms with Gasteiger partial charge in [-0.3, -0.25) is 4.79 Å². The first-order valence-electron chi connectivity index (χ1n) is 8.19. The van der Waals surface area contributed by atoms with E-state index >= 15 is 0 Å². The Balaban J connectivity index is 1.98. The van der Waals surface area contributed by atoms with E-state index < -0.39 is 23.3 Å². The Morgan fingerprint density at radius 2 is 1.72 bits per heavy atom. The van der Waals surface area contributed by atoms with Crippen LogP contribution in [0.25, 0.3) is 5.69 Å². The van der Waals surface area contributed by atoms with Gasteiger partial charge in [-0.15, -0.1) is 0 Å². The Morgan fingerprint density at radius 1 is 1.07 bits per heavy atom. The molecule has 0 fully saturated rings. The fourth-order valence-corrected chi connectivity index (χ4v) is 2.80. The van der Waals surface area contributed by atoms with E-state index in [1.807, 2.05) is 0 Å². The van der Waals surface area contributed by atoms with Gasteiger partial charge in [-0.2, -0.15) is 18.3 Å². The fraction of sp³-hybridized carbons (Fsp3) is 0.158. The zero-order valence-corrected chi connectivity index (χ0v) is 16.0. The molecule has 0 aliphatic heterocycles. The number of nitrogens with zero attached hydrogens (tertiary/aromatic N) is 2. The van der Waals surface area contributed by atoms with Crippen molar-refractivity contribution in [3.05, 3.63) is 64.9 Å². The number of halogens is 4. The van der Waals surface area contributed by atoms with Crippen LogP contribution in [0.5, 0.6) is 11.5 Å². The summed E-state index contributed by atoms with van der Waals surface area (Å²) in [6.45, 7) is 0. The zero-order valence-electron chi connectivity index (χ0n) is 15.2. The number of benzene rings is 2. The topological polar surface area (TPSA) is 65.4 Å². The van der Waals surface area contributed by atoms with Crippen LogP contribution in [0.15, 0.2) is 48.7 Å². The Morgan fingerprint density at radius 3 is 2.31 bits per heavy atom. The molecule has 1 aromatic heterocycles. The number of rotatable bonds is 5. The van der Waals surface area contributed by atoms with Crippen LogP contribution < -0.4 is 14.8 Å². The summed E-state index contributed by atoms with van der Waals surface area (Å²) in [6.07, 6.45) is -3.95. The summed E-state index contributed by atoms with van der Waals surface area (Å²) >= 11 is 5.79. The standard InChI is InChI=1S/C19H15ClF3N3O3/c1-28-15-8-5-12(9-16(15)29-2)25-18(27)14-10-24-26(17(14)19(21,22)23)13-6-3-11(20)4-7-13/h3-10H,1-2H3,(H,25,27). The van der Waals surface area contributed by atoms with Crippen molar-refractivity contribution in [2.24, 2.45) is 0 Å². The summed E-state index contributed by atoms with van der Waals surface area (Å²) in [7, 11) is 2.85. The predicted octanol–water partition coefficient (Wildman–Crippen LogP) is 4.81. The fourth-order valence-electron chi connectivity index (χ4n) is 2.68. The molecule has 0 unspecified atom stereocenters. The van der Waals surface area contributed by atoms with Gasteiger partial charge in [0, 0.05) is 16.8 Å². The number of nitrogens with one attached hydrogen (secondary N) is 1. The first-order valence-corrected chi connectivity index (χ1v) is 8.57. The third-order valence-electron chi connectivity index (χ3n) is 3.99. The first-order chi connectivity index (χ1) is 13.7. The molecule has 0 saturated carbocycles. The van der Waals surface area contributed by atoms with Gasteiger partial charge in [0.2, 0.25) is 0 Å². The minimum atomic E-state index is -4.82. The third-order valence-corrected chi connectivity index (χ3v) is 4.25. The quantitative estimate of drug-likeness (QED) is 0.637. The van der Waals surface area contributed by atoms with Crippen LogP contribution >= 0.6 is 11.6 Å². The summed E-state index contributed by atoms with van der Waals surface area (Å²) < 4.78 is 52.0. The number of amides is 1. The second kappa shape index (κ2) is 8.04. The van der Waals surface area contributed by atoms with Gasteiger partial charge in [0.05, 0.1) is 31.7 Å². The molecule has 0 radical (unpaired) electrons. The van der Waals surface area contributed by atoms with Crippen molar-refractivity contribution in [2.75, 3.05) is 19.5 Å². The molecule has 3 aromatic rings. The number of anilines is 1. The predicted molar refractivity (Wildman–Crippen MR) is 101 cm³/mol. The number of hydrogen-bond acceptors (Lipinski definition) is 4. The van der Waals surface area contributed by atoms with Gasteiger partial charge in [0.25, 0.3) is 5.91 Å². The molecule has 152 valence electrons. The van der Waals surface area contributed by atoms with E-state index in [0.29, 0.717) is 21.2 Å². The molecule has 3 rings (SSSR count). The van der Waals surface area contributed by atoms with Gasteiger partial charge in [0.1, 0.15) is 0 Å². The summed E-state index contributed by atoms with van der Waals surface area (Å²) in [5.74, 6) is -0.236. The molecule has 0 saturated heterocycles. The van der Waals surface area contributed by atoms with Gasteiger partial charge in [-0.1, -0.05) is 11.6 Å². The molecule has 6 nitrogen and oxygen atoms in total. The average molecular weight is 426 g/mol. The van der Waals surface area contributed by atoms with Crippen LogP contribution in [0.1, 0.15) is 16.1 Å². The first kappa shape index (κ1) is 20.5. The maximum absolute atomic E-state index is 13.7. The molecule has 0 aliphatic carbocycles. The molecule has 0 atom stereocenters.